The number of likely N-dealkylation sites (tertiary alicyclic amines) is 2. The number of hydrogen-bond acceptors (Lipinski definition) is 3. The topological polar surface area (TPSA) is 51.1 Å². The van der Waals surface area contributed by atoms with E-state index in [1.807, 2.05) is 20.9 Å². The van der Waals surface area contributed by atoms with Crippen LogP contribution in [0, 0.1) is 5.92 Å². The van der Waals surface area contributed by atoms with Crippen LogP contribution >= 0.6 is 24.0 Å². The molecule has 2 rings (SSSR count). The molecule has 2 aliphatic heterocycles. The van der Waals surface area contributed by atoms with Gasteiger partial charge in [-0.2, -0.15) is 0 Å². The molecule has 0 saturated carbocycles. The largest absolute Gasteiger partial charge is 0.388 e. The monoisotopic (exact) mass is 424 g/mol. The number of rotatable bonds is 5. The molecule has 0 aromatic rings. The Balaban J connectivity index is 0.00000242. The third-order valence-corrected chi connectivity index (χ3v) is 4.90. The molecule has 0 bridgehead atoms. The Labute approximate surface area is 152 Å². The van der Waals surface area contributed by atoms with E-state index in [1.165, 1.54) is 38.9 Å². The Morgan fingerprint density at radius 1 is 1.32 bits per heavy atom. The summed E-state index contributed by atoms with van der Waals surface area (Å²) in [6.45, 7) is 10.4. The smallest absolute Gasteiger partial charge is 0.193 e. The van der Waals surface area contributed by atoms with Crippen molar-refractivity contribution < 1.29 is 5.11 Å². The quantitative estimate of drug-likeness (QED) is 0.401. The van der Waals surface area contributed by atoms with Crippen molar-refractivity contribution in [1.29, 1.82) is 0 Å². The molecule has 2 N–H and O–H groups in total. The van der Waals surface area contributed by atoms with E-state index in [2.05, 4.69) is 20.1 Å². The summed E-state index contributed by atoms with van der Waals surface area (Å²) in [6, 6.07) is 0. The van der Waals surface area contributed by atoms with Crippen molar-refractivity contribution in [2.45, 2.75) is 45.1 Å². The van der Waals surface area contributed by atoms with Gasteiger partial charge in [0.15, 0.2) is 5.96 Å². The van der Waals surface area contributed by atoms with Crippen LogP contribution in [0.2, 0.25) is 0 Å². The Kier molecular flexibility index (Phi) is 8.42. The third-order valence-electron chi connectivity index (χ3n) is 4.90. The number of nitrogens with zero attached hydrogens (tertiary/aromatic N) is 3. The van der Waals surface area contributed by atoms with Crippen LogP contribution < -0.4 is 5.32 Å². The SMILES string of the molecule is CCC(C)(O)CNC(=NC)N1CCC(CN2CCCC2)C1.I. The summed E-state index contributed by atoms with van der Waals surface area (Å²) in [5.41, 5.74) is -0.662. The highest BCUT2D eigenvalue weighted by molar-refractivity contribution is 14.0. The van der Waals surface area contributed by atoms with Gasteiger partial charge in [-0.1, -0.05) is 6.92 Å². The number of aliphatic imine (C=N–C) groups is 1. The first kappa shape index (κ1) is 20.0. The number of guanidine groups is 1. The van der Waals surface area contributed by atoms with E-state index in [0.717, 1.165) is 31.4 Å². The third kappa shape index (κ3) is 5.85. The molecule has 2 fully saturated rings. The van der Waals surface area contributed by atoms with Crippen LogP contribution in [0.5, 0.6) is 0 Å². The molecule has 2 aliphatic rings. The standard InChI is InChI=1S/C16H32N4O.HI/c1-4-16(2,21)13-18-15(17-3)20-10-7-14(12-20)11-19-8-5-6-9-19;/h14,21H,4-13H2,1-3H3,(H,17,18);1H. The summed E-state index contributed by atoms with van der Waals surface area (Å²) in [4.78, 5) is 9.32. The van der Waals surface area contributed by atoms with Gasteiger partial charge in [0.25, 0.3) is 0 Å². The van der Waals surface area contributed by atoms with Gasteiger partial charge >= 0.3 is 0 Å². The summed E-state index contributed by atoms with van der Waals surface area (Å²) in [7, 11) is 1.83. The molecular formula is C16H33IN4O. The predicted molar refractivity (Wildman–Crippen MR) is 103 cm³/mol. The second-order valence-electron chi connectivity index (χ2n) is 6.86. The minimum Gasteiger partial charge on any atom is -0.388 e. The van der Waals surface area contributed by atoms with Gasteiger partial charge < -0.3 is 20.2 Å². The molecule has 0 aromatic carbocycles. The maximum absolute atomic E-state index is 10.1. The highest BCUT2D eigenvalue weighted by Gasteiger charge is 2.28. The average molecular weight is 424 g/mol. The van der Waals surface area contributed by atoms with Crippen LogP contribution in [-0.4, -0.2) is 72.8 Å². The van der Waals surface area contributed by atoms with Crippen LogP contribution in [-0.2, 0) is 0 Å². The Morgan fingerprint density at radius 3 is 2.59 bits per heavy atom. The zero-order valence-electron chi connectivity index (χ0n) is 14.3. The summed E-state index contributed by atoms with van der Waals surface area (Å²) in [6.07, 6.45) is 4.73. The van der Waals surface area contributed by atoms with Crippen molar-refractivity contribution in [2.24, 2.45) is 10.9 Å². The number of halogens is 1. The number of aliphatic hydroxyl groups is 1. The molecule has 0 spiro atoms. The fourth-order valence-electron chi connectivity index (χ4n) is 3.23. The zero-order chi connectivity index (χ0) is 15.3. The number of hydrogen-bond donors (Lipinski definition) is 2. The maximum atomic E-state index is 10.1. The Bertz CT molecular complexity index is 356. The van der Waals surface area contributed by atoms with E-state index in [9.17, 15) is 5.11 Å². The minimum absolute atomic E-state index is 0. The van der Waals surface area contributed by atoms with Gasteiger partial charge in [0.05, 0.1) is 5.60 Å². The van der Waals surface area contributed by atoms with Gasteiger partial charge in [0.1, 0.15) is 0 Å². The molecule has 2 heterocycles. The maximum Gasteiger partial charge on any atom is 0.193 e. The fourth-order valence-corrected chi connectivity index (χ4v) is 3.23. The van der Waals surface area contributed by atoms with Gasteiger partial charge in [0, 0.05) is 33.2 Å². The minimum atomic E-state index is -0.662. The molecule has 0 aromatic heterocycles. The molecule has 0 aliphatic carbocycles. The van der Waals surface area contributed by atoms with Gasteiger partial charge in [-0.25, -0.2) is 0 Å². The molecule has 2 saturated heterocycles. The highest BCUT2D eigenvalue weighted by atomic mass is 127. The molecule has 2 atom stereocenters. The summed E-state index contributed by atoms with van der Waals surface area (Å²) >= 11 is 0. The first-order valence-corrected chi connectivity index (χ1v) is 8.44. The van der Waals surface area contributed by atoms with E-state index >= 15 is 0 Å². The average Bonchev–Trinajstić information content (AvgIpc) is 3.12. The molecule has 130 valence electrons. The number of nitrogens with one attached hydrogen (secondary N) is 1. The first-order chi connectivity index (χ1) is 10.0. The van der Waals surface area contributed by atoms with E-state index < -0.39 is 5.60 Å². The molecule has 6 heteroatoms. The molecule has 0 amide bonds. The van der Waals surface area contributed by atoms with E-state index in [4.69, 9.17) is 0 Å². The van der Waals surface area contributed by atoms with Crippen molar-refractivity contribution in [2.75, 3.05) is 46.3 Å². The van der Waals surface area contributed by atoms with Crippen LogP contribution in [0.4, 0.5) is 0 Å². The zero-order valence-corrected chi connectivity index (χ0v) is 16.7. The van der Waals surface area contributed by atoms with Gasteiger partial charge in [-0.15, -0.1) is 24.0 Å². The van der Waals surface area contributed by atoms with Crippen molar-refractivity contribution in [3.05, 3.63) is 0 Å². The van der Waals surface area contributed by atoms with Crippen LogP contribution in [0.15, 0.2) is 4.99 Å². The van der Waals surface area contributed by atoms with Crippen molar-refractivity contribution in [1.82, 2.24) is 15.1 Å². The van der Waals surface area contributed by atoms with Crippen molar-refractivity contribution in [3.8, 4) is 0 Å². The lowest BCUT2D eigenvalue weighted by Crippen LogP contribution is -2.47. The summed E-state index contributed by atoms with van der Waals surface area (Å²) in [5.74, 6) is 1.70. The first-order valence-electron chi connectivity index (χ1n) is 8.44. The molecule has 2 unspecified atom stereocenters. The van der Waals surface area contributed by atoms with Crippen LogP contribution in [0.25, 0.3) is 0 Å². The fraction of sp³-hybridized carbons (Fsp3) is 0.938. The lowest BCUT2D eigenvalue weighted by Gasteiger charge is -2.27. The molecule has 0 radical (unpaired) electrons. The Hall–Kier alpha value is -0.0800. The lowest BCUT2D eigenvalue weighted by molar-refractivity contribution is 0.0598. The normalized spacial score (nSPS) is 25.9. The van der Waals surface area contributed by atoms with Gasteiger partial charge in [-0.05, 0) is 51.6 Å². The molecule has 5 nitrogen and oxygen atoms in total. The second kappa shape index (κ2) is 9.27. The molecular weight excluding hydrogens is 391 g/mol. The summed E-state index contributed by atoms with van der Waals surface area (Å²) in [5, 5.41) is 13.4. The van der Waals surface area contributed by atoms with Gasteiger partial charge in [0.2, 0.25) is 0 Å². The van der Waals surface area contributed by atoms with E-state index in [0.29, 0.717) is 6.54 Å². The Morgan fingerprint density at radius 2 is 2.00 bits per heavy atom. The molecule has 22 heavy (non-hydrogen) atoms. The van der Waals surface area contributed by atoms with Crippen molar-refractivity contribution >= 4 is 29.9 Å². The van der Waals surface area contributed by atoms with E-state index in [-0.39, 0.29) is 24.0 Å². The lowest BCUT2D eigenvalue weighted by atomic mass is 10.0. The van der Waals surface area contributed by atoms with E-state index in [1.54, 1.807) is 0 Å². The van der Waals surface area contributed by atoms with Crippen molar-refractivity contribution in [3.63, 3.8) is 0 Å². The highest BCUT2D eigenvalue weighted by Crippen LogP contribution is 2.20. The summed E-state index contributed by atoms with van der Waals surface area (Å²) < 4.78 is 0. The predicted octanol–water partition coefficient (Wildman–Crippen LogP) is 1.76. The van der Waals surface area contributed by atoms with Crippen LogP contribution in [0.3, 0.4) is 0 Å². The second-order valence-corrected chi connectivity index (χ2v) is 6.86. The van der Waals surface area contributed by atoms with Gasteiger partial charge in [-0.3, -0.25) is 4.99 Å². The van der Waals surface area contributed by atoms with Crippen LogP contribution in [0.1, 0.15) is 39.5 Å².